The van der Waals surface area contributed by atoms with Crippen LogP contribution in [-0.4, -0.2) is 43.0 Å². The molecule has 28 heavy (non-hydrogen) atoms. The van der Waals surface area contributed by atoms with E-state index in [9.17, 15) is 9.59 Å². The highest BCUT2D eigenvalue weighted by Gasteiger charge is 2.37. The first-order valence-corrected chi connectivity index (χ1v) is 9.60. The second-order valence-corrected chi connectivity index (χ2v) is 8.25. The number of hydrogen-bond donors (Lipinski definition) is 1. The molecule has 0 unspecified atom stereocenters. The van der Waals surface area contributed by atoms with Crippen LogP contribution in [0.25, 0.3) is 0 Å². The van der Waals surface area contributed by atoms with Crippen LogP contribution in [0.5, 0.6) is 0 Å². The van der Waals surface area contributed by atoms with Crippen molar-refractivity contribution in [2.24, 2.45) is 5.41 Å². The van der Waals surface area contributed by atoms with Crippen molar-refractivity contribution in [2.75, 3.05) is 36.5 Å². The minimum Gasteiger partial charge on any atom is -0.455 e. The summed E-state index contributed by atoms with van der Waals surface area (Å²) in [5.41, 5.74) is 2.02. The van der Waals surface area contributed by atoms with Gasteiger partial charge in [-0.05, 0) is 24.5 Å². The Balaban J connectivity index is 1.51. The van der Waals surface area contributed by atoms with Crippen LogP contribution in [0.2, 0.25) is 0 Å². The van der Waals surface area contributed by atoms with Gasteiger partial charge in [0, 0.05) is 31.5 Å². The monoisotopic (exact) mass is 383 g/mol. The van der Waals surface area contributed by atoms with Crippen LogP contribution in [0.3, 0.4) is 0 Å². The Morgan fingerprint density at radius 3 is 2.64 bits per heavy atom. The van der Waals surface area contributed by atoms with E-state index in [1.54, 1.807) is 19.2 Å². The number of nitrogens with zero attached hydrogens (tertiary/aromatic N) is 2. The van der Waals surface area contributed by atoms with Gasteiger partial charge in [-0.25, -0.2) is 4.98 Å². The van der Waals surface area contributed by atoms with Gasteiger partial charge in [0.2, 0.25) is 0 Å². The molecule has 0 bridgehead atoms. The summed E-state index contributed by atoms with van der Waals surface area (Å²) in [6.45, 7) is 8.90. The molecule has 2 aromatic rings. The summed E-state index contributed by atoms with van der Waals surface area (Å²) < 4.78 is 11.2. The molecule has 2 aliphatic rings. The quantitative estimate of drug-likeness (QED) is 0.876. The van der Waals surface area contributed by atoms with Crippen molar-refractivity contribution < 1.29 is 18.7 Å². The fraction of sp³-hybridized carbons (Fsp3) is 0.476. The maximum absolute atomic E-state index is 12.7. The number of carbonyl (C=O) groups excluding carboxylic acids is 2. The number of furan rings is 1. The van der Waals surface area contributed by atoms with Crippen LogP contribution in [0.15, 0.2) is 22.7 Å². The van der Waals surface area contributed by atoms with Gasteiger partial charge in [-0.3, -0.25) is 9.59 Å². The molecule has 1 saturated heterocycles. The van der Waals surface area contributed by atoms with Crippen LogP contribution in [-0.2, 0) is 11.2 Å². The number of ether oxygens (including phenoxy) is 1. The van der Waals surface area contributed by atoms with Crippen molar-refractivity contribution in [3.8, 4) is 0 Å². The van der Waals surface area contributed by atoms with E-state index in [1.165, 1.54) is 0 Å². The highest BCUT2D eigenvalue weighted by atomic mass is 16.5. The molecule has 1 aliphatic heterocycles. The number of amides is 1. The molecule has 0 atom stereocenters. The molecule has 0 aromatic carbocycles. The molecule has 0 spiro atoms. The van der Waals surface area contributed by atoms with E-state index < -0.39 is 0 Å². The molecule has 7 nitrogen and oxygen atoms in total. The van der Waals surface area contributed by atoms with Crippen LogP contribution in [0, 0.1) is 12.3 Å². The van der Waals surface area contributed by atoms with Gasteiger partial charge in [-0.1, -0.05) is 13.8 Å². The Labute approximate surface area is 164 Å². The topological polar surface area (TPSA) is 84.7 Å². The lowest BCUT2D eigenvalue weighted by atomic mass is 9.76. The summed E-state index contributed by atoms with van der Waals surface area (Å²) >= 11 is 0. The lowest BCUT2D eigenvalue weighted by Crippen LogP contribution is -2.36. The smallest absolute Gasteiger partial charge is 0.292 e. The third kappa shape index (κ3) is 3.54. The van der Waals surface area contributed by atoms with Crippen LogP contribution < -0.4 is 10.2 Å². The highest BCUT2D eigenvalue weighted by Crippen LogP contribution is 2.38. The molecular weight excluding hydrogens is 358 g/mol. The highest BCUT2D eigenvalue weighted by molar-refractivity contribution is 6.07. The Kier molecular flexibility index (Phi) is 4.71. The second-order valence-electron chi connectivity index (χ2n) is 8.25. The Hall–Kier alpha value is -2.67. The zero-order valence-electron chi connectivity index (χ0n) is 16.5. The maximum atomic E-state index is 12.7. The van der Waals surface area contributed by atoms with Gasteiger partial charge in [0.1, 0.15) is 11.6 Å². The van der Waals surface area contributed by atoms with Gasteiger partial charge in [-0.15, -0.1) is 0 Å². The zero-order valence-corrected chi connectivity index (χ0v) is 16.5. The standard InChI is InChI=1S/C21H25N3O4/c1-13-18-15(25)10-21(2,3)11-16(18)28-19(13)20(26)23-17-5-4-14(12-22-17)24-6-8-27-9-7-24/h4-5,12H,6-11H2,1-3H3,(H,22,23,26). The van der Waals surface area contributed by atoms with E-state index >= 15 is 0 Å². The minimum atomic E-state index is -0.385. The summed E-state index contributed by atoms with van der Waals surface area (Å²) in [6.07, 6.45) is 2.85. The van der Waals surface area contributed by atoms with Crippen LogP contribution >= 0.6 is 0 Å². The molecule has 3 heterocycles. The third-order valence-electron chi connectivity index (χ3n) is 5.35. The van der Waals surface area contributed by atoms with E-state index in [0.29, 0.717) is 48.8 Å². The molecule has 4 rings (SSSR count). The van der Waals surface area contributed by atoms with Gasteiger partial charge in [0.15, 0.2) is 11.5 Å². The molecule has 2 aromatic heterocycles. The number of rotatable bonds is 3. The molecule has 1 aliphatic carbocycles. The van der Waals surface area contributed by atoms with E-state index in [4.69, 9.17) is 9.15 Å². The number of nitrogens with one attached hydrogen (secondary N) is 1. The number of fused-ring (bicyclic) bond motifs is 1. The summed E-state index contributed by atoms with van der Waals surface area (Å²) in [4.78, 5) is 31.8. The van der Waals surface area contributed by atoms with Crippen molar-refractivity contribution in [3.63, 3.8) is 0 Å². The average molecular weight is 383 g/mol. The molecule has 1 fully saturated rings. The Bertz CT molecular complexity index is 908. The normalized spacial score (nSPS) is 18.7. The number of ketones is 1. The predicted octanol–water partition coefficient (Wildman–Crippen LogP) is 3.23. The lowest BCUT2D eigenvalue weighted by Gasteiger charge is -2.28. The second kappa shape index (κ2) is 7.05. The van der Waals surface area contributed by atoms with Crippen molar-refractivity contribution in [2.45, 2.75) is 33.6 Å². The number of hydrogen-bond acceptors (Lipinski definition) is 6. The van der Waals surface area contributed by atoms with Crippen LogP contribution in [0.1, 0.15) is 52.5 Å². The number of aromatic nitrogens is 1. The largest absolute Gasteiger partial charge is 0.455 e. The van der Waals surface area contributed by atoms with E-state index in [-0.39, 0.29) is 22.9 Å². The van der Waals surface area contributed by atoms with Crippen molar-refractivity contribution in [1.29, 1.82) is 0 Å². The Morgan fingerprint density at radius 1 is 1.21 bits per heavy atom. The number of anilines is 2. The van der Waals surface area contributed by atoms with E-state index in [2.05, 4.69) is 15.2 Å². The number of morpholine rings is 1. The lowest BCUT2D eigenvalue weighted by molar-refractivity contribution is 0.0898. The molecular formula is C21H25N3O4. The minimum absolute atomic E-state index is 0.0412. The van der Waals surface area contributed by atoms with Crippen molar-refractivity contribution >= 4 is 23.2 Å². The van der Waals surface area contributed by atoms with Gasteiger partial charge >= 0.3 is 0 Å². The first kappa shape index (κ1) is 18.7. The SMILES string of the molecule is Cc1c(C(=O)Nc2ccc(N3CCOCC3)cn2)oc2c1C(=O)CC(C)(C)C2. The first-order valence-electron chi connectivity index (χ1n) is 9.60. The summed E-state index contributed by atoms with van der Waals surface area (Å²) in [5, 5.41) is 2.78. The maximum Gasteiger partial charge on any atom is 0.292 e. The molecule has 7 heteroatoms. The molecule has 0 saturated carbocycles. The number of carbonyl (C=O) groups is 2. The van der Waals surface area contributed by atoms with Gasteiger partial charge in [-0.2, -0.15) is 0 Å². The fourth-order valence-electron chi connectivity index (χ4n) is 3.94. The van der Waals surface area contributed by atoms with Gasteiger partial charge in [0.05, 0.1) is 30.7 Å². The van der Waals surface area contributed by atoms with Crippen molar-refractivity contribution in [1.82, 2.24) is 4.98 Å². The molecule has 0 radical (unpaired) electrons. The molecule has 1 N–H and O–H groups in total. The number of Topliss-reactive ketones (excluding diaryl/α,β-unsaturated/α-hetero) is 1. The molecule has 148 valence electrons. The summed E-state index contributed by atoms with van der Waals surface area (Å²) in [7, 11) is 0. The van der Waals surface area contributed by atoms with Gasteiger partial charge in [0.25, 0.3) is 5.91 Å². The predicted molar refractivity (Wildman–Crippen MR) is 105 cm³/mol. The van der Waals surface area contributed by atoms with Crippen LogP contribution in [0.4, 0.5) is 11.5 Å². The van der Waals surface area contributed by atoms with Crippen molar-refractivity contribution in [3.05, 3.63) is 41.0 Å². The average Bonchev–Trinajstić information content (AvgIpc) is 2.98. The number of pyridine rings is 1. The van der Waals surface area contributed by atoms with Gasteiger partial charge < -0.3 is 19.4 Å². The summed E-state index contributed by atoms with van der Waals surface area (Å²) in [5.74, 6) is 0.903. The first-order chi connectivity index (χ1) is 13.3. The third-order valence-corrected chi connectivity index (χ3v) is 5.35. The molecule has 1 amide bonds. The fourth-order valence-corrected chi connectivity index (χ4v) is 3.94. The van der Waals surface area contributed by atoms with E-state index in [0.717, 1.165) is 18.8 Å². The van der Waals surface area contributed by atoms with E-state index in [1.807, 2.05) is 19.9 Å². The summed E-state index contributed by atoms with van der Waals surface area (Å²) in [6, 6.07) is 3.70. The zero-order chi connectivity index (χ0) is 19.9. The Morgan fingerprint density at radius 2 is 1.96 bits per heavy atom.